The number of carbonyl (C=O) groups is 1. The molecule has 196 valence electrons. The molecule has 0 saturated heterocycles. The van der Waals surface area contributed by atoms with E-state index in [0.717, 1.165) is 10.4 Å². The van der Waals surface area contributed by atoms with Crippen LogP contribution in [-0.2, 0) is 9.16 Å². The molecule has 2 N–H and O–H groups in total. The maximum Gasteiger partial charge on any atom is 0.408 e. The highest BCUT2D eigenvalue weighted by atomic mass is 28.4. The van der Waals surface area contributed by atoms with Crippen LogP contribution in [0, 0.1) is 5.89 Å². The number of alkyl carbamates (subject to hydrolysis) is 1. The zero-order chi connectivity index (χ0) is 28.2. The van der Waals surface area contributed by atoms with Crippen molar-refractivity contribution in [1.29, 1.82) is 0 Å². The SMILES string of the molecule is [2H]C1=CCCC[C@]1([2H])[C@H](O)[C@H](CO[Si](c1ccccc1)(c1ccccc1)C(C)(C)C)NC(=O)OC(C)(C)C. The summed E-state index contributed by atoms with van der Waals surface area (Å²) in [4.78, 5) is 12.9. The minimum Gasteiger partial charge on any atom is -0.444 e. The number of hydrogen-bond acceptors (Lipinski definition) is 4. The number of amides is 1. The molecule has 2 aromatic rings. The highest BCUT2D eigenvalue weighted by Gasteiger charge is 2.50. The average Bonchev–Trinajstić information content (AvgIpc) is 2.84. The van der Waals surface area contributed by atoms with E-state index in [1.54, 1.807) is 26.8 Å². The van der Waals surface area contributed by atoms with Crippen LogP contribution in [0.3, 0.4) is 0 Å². The molecule has 3 atom stereocenters. The molecule has 0 heterocycles. The summed E-state index contributed by atoms with van der Waals surface area (Å²) in [7, 11) is -2.97. The first-order chi connectivity index (χ1) is 17.7. The molecular formula is C30H43NO4Si. The van der Waals surface area contributed by atoms with Crippen molar-refractivity contribution in [2.45, 2.75) is 83.6 Å². The van der Waals surface area contributed by atoms with Crippen molar-refractivity contribution in [1.82, 2.24) is 5.32 Å². The van der Waals surface area contributed by atoms with E-state index in [0.29, 0.717) is 19.3 Å². The summed E-state index contributed by atoms with van der Waals surface area (Å²) in [5.41, 5.74) is -0.734. The van der Waals surface area contributed by atoms with Crippen LogP contribution >= 0.6 is 0 Å². The molecule has 6 heteroatoms. The lowest BCUT2D eigenvalue weighted by molar-refractivity contribution is 0.0264. The third-order valence-electron chi connectivity index (χ3n) is 6.42. The van der Waals surface area contributed by atoms with Crippen LogP contribution in [0.1, 0.15) is 63.5 Å². The smallest absolute Gasteiger partial charge is 0.408 e. The van der Waals surface area contributed by atoms with Crippen molar-refractivity contribution >= 4 is 24.8 Å². The Bertz CT molecular complexity index is 1060. The fourth-order valence-electron chi connectivity index (χ4n) is 4.79. The molecular weight excluding hydrogens is 466 g/mol. The van der Waals surface area contributed by atoms with E-state index in [4.69, 9.17) is 11.9 Å². The second kappa shape index (κ2) is 11.8. The molecule has 1 amide bonds. The van der Waals surface area contributed by atoms with Crippen LogP contribution in [0.25, 0.3) is 0 Å². The molecule has 0 radical (unpaired) electrons. The molecule has 0 saturated carbocycles. The zero-order valence-corrected chi connectivity index (χ0v) is 23.5. The van der Waals surface area contributed by atoms with Gasteiger partial charge in [-0.15, -0.1) is 0 Å². The minimum atomic E-state index is -2.97. The van der Waals surface area contributed by atoms with Gasteiger partial charge in [-0.1, -0.05) is 93.6 Å². The summed E-state index contributed by atoms with van der Waals surface area (Å²) in [5.74, 6) is -1.55. The molecule has 36 heavy (non-hydrogen) atoms. The minimum absolute atomic E-state index is 0.0401. The van der Waals surface area contributed by atoms with E-state index >= 15 is 0 Å². The number of allylic oxidation sites excluding steroid dienone is 1. The Morgan fingerprint density at radius 2 is 1.64 bits per heavy atom. The van der Waals surface area contributed by atoms with Crippen LogP contribution in [0.5, 0.6) is 0 Å². The maximum atomic E-state index is 12.9. The van der Waals surface area contributed by atoms with E-state index < -0.39 is 38.1 Å². The van der Waals surface area contributed by atoms with Gasteiger partial charge in [0.15, 0.2) is 0 Å². The highest BCUT2D eigenvalue weighted by molar-refractivity contribution is 6.99. The van der Waals surface area contributed by atoms with E-state index in [1.807, 2.05) is 36.4 Å². The molecule has 0 aromatic heterocycles. The zero-order valence-electron chi connectivity index (χ0n) is 24.5. The first-order valence-corrected chi connectivity index (χ1v) is 14.7. The molecule has 0 fully saturated rings. The lowest BCUT2D eigenvalue weighted by Crippen LogP contribution is -2.68. The molecule has 0 spiro atoms. The first kappa shape index (κ1) is 25.2. The summed E-state index contributed by atoms with van der Waals surface area (Å²) < 4.78 is 30.0. The quantitative estimate of drug-likeness (QED) is 0.379. The molecule has 2 aromatic carbocycles. The molecule has 5 nitrogen and oxygen atoms in total. The van der Waals surface area contributed by atoms with Crippen LogP contribution in [-0.4, -0.2) is 43.9 Å². The number of aliphatic hydroxyl groups is 1. The lowest BCUT2D eigenvalue weighted by atomic mass is 9.87. The van der Waals surface area contributed by atoms with E-state index in [1.165, 1.54) is 0 Å². The average molecular weight is 512 g/mol. The fourth-order valence-corrected chi connectivity index (χ4v) is 9.38. The van der Waals surface area contributed by atoms with Gasteiger partial charge in [0.2, 0.25) is 0 Å². The van der Waals surface area contributed by atoms with Crippen molar-refractivity contribution in [3.05, 3.63) is 72.8 Å². The number of nitrogens with one attached hydrogen (secondary N) is 1. The van der Waals surface area contributed by atoms with Crippen molar-refractivity contribution < 1.29 is 21.8 Å². The van der Waals surface area contributed by atoms with Gasteiger partial charge in [0.25, 0.3) is 8.32 Å². The van der Waals surface area contributed by atoms with Crippen molar-refractivity contribution in [2.75, 3.05) is 6.61 Å². The second-order valence-electron chi connectivity index (χ2n) is 11.4. The second-order valence-corrected chi connectivity index (χ2v) is 15.7. The number of benzene rings is 2. The van der Waals surface area contributed by atoms with Crippen LogP contribution in [0.15, 0.2) is 72.8 Å². The number of aliphatic hydroxyl groups excluding tert-OH is 1. The van der Waals surface area contributed by atoms with Gasteiger partial charge in [-0.3, -0.25) is 0 Å². The van der Waals surface area contributed by atoms with Gasteiger partial charge >= 0.3 is 6.09 Å². The predicted octanol–water partition coefficient (Wildman–Crippen LogP) is 5.17. The predicted molar refractivity (Wildman–Crippen MR) is 149 cm³/mol. The Hall–Kier alpha value is -2.41. The van der Waals surface area contributed by atoms with Gasteiger partial charge in [-0.05, 0) is 55.4 Å². The maximum absolute atomic E-state index is 12.9. The number of rotatable bonds is 8. The topological polar surface area (TPSA) is 67.8 Å². The van der Waals surface area contributed by atoms with E-state index in [9.17, 15) is 9.90 Å². The number of hydrogen-bond donors (Lipinski definition) is 2. The normalized spacial score (nSPS) is 21.5. The van der Waals surface area contributed by atoms with Crippen molar-refractivity contribution in [3.8, 4) is 0 Å². The summed E-state index contributed by atoms with van der Waals surface area (Å²) in [5, 5.41) is 16.2. The Morgan fingerprint density at radius 1 is 1.08 bits per heavy atom. The van der Waals surface area contributed by atoms with Gasteiger partial charge < -0.3 is 19.6 Å². The summed E-state index contributed by atoms with van der Waals surface area (Å²) in [6.07, 6.45) is 1.36. The van der Waals surface area contributed by atoms with Crippen LogP contribution in [0.4, 0.5) is 4.79 Å². The van der Waals surface area contributed by atoms with Crippen molar-refractivity contribution in [3.63, 3.8) is 0 Å². The Labute approximate surface area is 220 Å². The number of ether oxygens (including phenoxy) is 1. The van der Waals surface area contributed by atoms with Crippen LogP contribution < -0.4 is 15.7 Å². The van der Waals surface area contributed by atoms with Gasteiger partial charge in [0.1, 0.15) is 5.60 Å². The molecule has 0 aliphatic heterocycles. The summed E-state index contributed by atoms with van der Waals surface area (Å²) >= 11 is 0. The standard InChI is InChI=1S/C30H43NO4Si/c1-29(2,3)35-28(33)31-26(27(32)23-16-10-7-11-17-23)22-34-36(30(4,5)6,24-18-12-8-13-19-24)25-20-14-9-15-21-25/h8-10,12-16,18-21,23,26-27,32H,7,11,17,22H2,1-6H3,(H,31,33)/t23-,26+,27+/m1/s1/i16D,23D. The Balaban J connectivity index is 2.06. The fraction of sp³-hybridized carbons (Fsp3) is 0.500. The Kier molecular flexibility index (Phi) is 8.24. The molecule has 1 aliphatic rings. The molecule has 0 bridgehead atoms. The van der Waals surface area contributed by atoms with Gasteiger partial charge in [0, 0.05) is 7.26 Å². The largest absolute Gasteiger partial charge is 0.444 e. The molecule has 1 aliphatic carbocycles. The van der Waals surface area contributed by atoms with Crippen molar-refractivity contribution in [2.24, 2.45) is 5.89 Å². The Morgan fingerprint density at radius 3 is 2.11 bits per heavy atom. The van der Waals surface area contributed by atoms with E-state index in [-0.39, 0.29) is 17.7 Å². The van der Waals surface area contributed by atoms with Gasteiger partial charge in [-0.25, -0.2) is 4.79 Å². The lowest BCUT2D eigenvalue weighted by Gasteiger charge is -2.44. The van der Waals surface area contributed by atoms with Crippen LogP contribution in [0.2, 0.25) is 5.04 Å². The third kappa shape index (κ3) is 6.87. The molecule has 0 unspecified atom stereocenters. The monoisotopic (exact) mass is 511 g/mol. The summed E-state index contributed by atoms with van der Waals surface area (Å²) in [6.45, 7) is 11.7. The van der Waals surface area contributed by atoms with E-state index in [2.05, 4.69) is 50.4 Å². The van der Waals surface area contributed by atoms with Gasteiger partial charge in [0.05, 0.1) is 20.1 Å². The number of carbonyl (C=O) groups excluding carboxylic acids is 1. The van der Waals surface area contributed by atoms with Gasteiger partial charge in [-0.2, -0.15) is 0 Å². The summed E-state index contributed by atoms with van der Waals surface area (Å²) in [6, 6.07) is 19.4. The third-order valence-corrected chi connectivity index (χ3v) is 11.4. The first-order valence-electron chi connectivity index (χ1n) is 13.8. The highest BCUT2D eigenvalue weighted by Crippen LogP contribution is 2.37. The molecule has 3 rings (SSSR count).